The van der Waals surface area contributed by atoms with E-state index in [1.54, 1.807) is 6.07 Å². The summed E-state index contributed by atoms with van der Waals surface area (Å²) in [7, 11) is 0. The summed E-state index contributed by atoms with van der Waals surface area (Å²) in [5.41, 5.74) is 0.569. The molecule has 3 N–H and O–H groups in total. The normalized spacial score (nSPS) is 16.9. The van der Waals surface area contributed by atoms with Crippen LogP contribution in [0.1, 0.15) is 37.1 Å². The molecule has 0 radical (unpaired) electrons. The van der Waals surface area contributed by atoms with E-state index in [4.69, 9.17) is 5.11 Å². The third-order valence-electron chi connectivity index (χ3n) is 4.24. The molecule has 11 heteroatoms. The summed E-state index contributed by atoms with van der Waals surface area (Å²) in [6.45, 7) is -0.811. The van der Waals surface area contributed by atoms with Crippen molar-refractivity contribution in [2.75, 3.05) is 5.32 Å². The average molecular weight is 384 g/mol. The van der Waals surface area contributed by atoms with Gasteiger partial charge in [-0.25, -0.2) is 27.6 Å². The number of anilines is 1. The minimum absolute atomic E-state index is 0.0699. The summed E-state index contributed by atoms with van der Waals surface area (Å²) in [6, 6.07) is 2.85. The van der Waals surface area contributed by atoms with E-state index in [1.165, 1.54) is 16.9 Å². The van der Waals surface area contributed by atoms with Gasteiger partial charge in [-0.15, -0.1) is 0 Å². The Hall–Kier alpha value is -2.85. The second-order valence-corrected chi connectivity index (χ2v) is 6.36. The highest BCUT2D eigenvalue weighted by atomic mass is 19.3. The van der Waals surface area contributed by atoms with Gasteiger partial charge in [0.15, 0.2) is 0 Å². The molecule has 0 saturated heterocycles. The molecule has 27 heavy (non-hydrogen) atoms. The van der Waals surface area contributed by atoms with Crippen LogP contribution in [0.4, 0.5) is 23.8 Å². The van der Waals surface area contributed by atoms with Crippen LogP contribution in [-0.4, -0.2) is 42.9 Å². The smallest absolute Gasteiger partial charge is 0.404 e. The van der Waals surface area contributed by atoms with E-state index in [2.05, 4.69) is 25.7 Å². The molecule has 0 aliphatic heterocycles. The van der Waals surface area contributed by atoms with Crippen molar-refractivity contribution in [2.45, 2.75) is 50.9 Å². The van der Waals surface area contributed by atoms with Crippen molar-refractivity contribution in [3.63, 3.8) is 0 Å². The zero-order valence-electron chi connectivity index (χ0n) is 14.3. The Morgan fingerprint density at radius 2 is 2.04 bits per heavy atom. The number of carbonyl (C=O) groups is 1. The lowest BCUT2D eigenvalue weighted by Gasteiger charge is -2.29. The van der Waals surface area contributed by atoms with E-state index in [0.717, 1.165) is 0 Å². The van der Waals surface area contributed by atoms with Gasteiger partial charge in [0.1, 0.15) is 12.5 Å². The van der Waals surface area contributed by atoms with Crippen LogP contribution in [0.25, 0.3) is 5.95 Å². The maximum Gasteiger partial charge on any atom is 0.404 e. The number of nitrogens with one attached hydrogen (secondary N) is 2. The maximum atomic E-state index is 13.3. The average Bonchev–Trinajstić information content (AvgIpc) is 3.11. The molecule has 0 bridgehead atoms. The standard InChI is InChI=1S/C16H19F3N6O2/c17-8-11-3-6-25(24-11)14-22-12(9-20-15(26)27)7-13(23-14)21-10-1-4-16(18,19)5-2-10/h3,6-7,10,20H,1-2,4-5,8-9H2,(H,26,27)(H,21,22,23). The van der Waals surface area contributed by atoms with Crippen molar-refractivity contribution in [1.82, 2.24) is 25.1 Å². The number of carboxylic acid groups (broad SMARTS) is 1. The van der Waals surface area contributed by atoms with Gasteiger partial charge in [0.25, 0.3) is 5.95 Å². The fourth-order valence-corrected chi connectivity index (χ4v) is 2.85. The molecule has 0 aromatic carbocycles. The van der Waals surface area contributed by atoms with Gasteiger partial charge in [0, 0.05) is 31.1 Å². The lowest BCUT2D eigenvalue weighted by atomic mass is 9.92. The molecule has 1 aliphatic carbocycles. The molecule has 2 aromatic heterocycles. The Labute approximate surface area is 152 Å². The summed E-state index contributed by atoms with van der Waals surface area (Å²) >= 11 is 0. The Morgan fingerprint density at radius 1 is 1.30 bits per heavy atom. The molecule has 0 spiro atoms. The van der Waals surface area contributed by atoms with Gasteiger partial charge < -0.3 is 15.7 Å². The van der Waals surface area contributed by atoms with Gasteiger partial charge in [-0.3, -0.25) is 0 Å². The molecule has 8 nitrogen and oxygen atoms in total. The minimum Gasteiger partial charge on any atom is -0.465 e. The van der Waals surface area contributed by atoms with Crippen LogP contribution in [0.5, 0.6) is 0 Å². The first-order valence-corrected chi connectivity index (χ1v) is 8.45. The number of alkyl halides is 3. The molecule has 1 fully saturated rings. The lowest BCUT2D eigenvalue weighted by Crippen LogP contribution is -2.32. The molecule has 0 atom stereocenters. The molecular formula is C16H19F3N6O2. The van der Waals surface area contributed by atoms with E-state index in [-0.39, 0.29) is 37.1 Å². The van der Waals surface area contributed by atoms with Crippen molar-refractivity contribution in [1.29, 1.82) is 0 Å². The van der Waals surface area contributed by atoms with Crippen molar-refractivity contribution >= 4 is 11.9 Å². The van der Waals surface area contributed by atoms with Crippen molar-refractivity contribution in [3.8, 4) is 5.95 Å². The zero-order valence-corrected chi connectivity index (χ0v) is 14.3. The number of rotatable bonds is 6. The van der Waals surface area contributed by atoms with Crippen LogP contribution in [0, 0.1) is 0 Å². The molecule has 146 valence electrons. The van der Waals surface area contributed by atoms with Gasteiger partial charge >= 0.3 is 6.09 Å². The quantitative estimate of drug-likeness (QED) is 0.707. The van der Waals surface area contributed by atoms with Crippen LogP contribution in [0.3, 0.4) is 0 Å². The van der Waals surface area contributed by atoms with Gasteiger partial charge in [-0.05, 0) is 18.9 Å². The number of hydrogen-bond acceptors (Lipinski definition) is 5. The van der Waals surface area contributed by atoms with Gasteiger partial charge in [0.2, 0.25) is 5.92 Å². The molecule has 3 rings (SSSR count). The fraction of sp³-hybridized carbons (Fsp3) is 0.500. The van der Waals surface area contributed by atoms with E-state index in [1.807, 2.05) is 0 Å². The first-order valence-electron chi connectivity index (χ1n) is 8.45. The van der Waals surface area contributed by atoms with E-state index in [9.17, 15) is 18.0 Å². The van der Waals surface area contributed by atoms with Gasteiger partial charge in [-0.2, -0.15) is 10.1 Å². The summed E-state index contributed by atoms with van der Waals surface area (Å²) in [4.78, 5) is 19.3. The Morgan fingerprint density at radius 3 is 2.67 bits per heavy atom. The van der Waals surface area contributed by atoms with E-state index < -0.39 is 18.7 Å². The molecule has 1 aliphatic rings. The van der Waals surface area contributed by atoms with Crippen LogP contribution >= 0.6 is 0 Å². The first kappa shape index (κ1) is 18.9. The second kappa shape index (κ2) is 7.80. The SMILES string of the molecule is O=C(O)NCc1cc(NC2CCC(F)(F)CC2)nc(-n2ccc(CF)n2)n1. The third-order valence-corrected chi connectivity index (χ3v) is 4.24. The molecule has 1 saturated carbocycles. The highest BCUT2D eigenvalue weighted by Gasteiger charge is 2.35. The number of nitrogens with zero attached hydrogens (tertiary/aromatic N) is 4. The largest absolute Gasteiger partial charge is 0.465 e. The van der Waals surface area contributed by atoms with Crippen molar-refractivity contribution in [2.24, 2.45) is 0 Å². The molecule has 1 amide bonds. The van der Waals surface area contributed by atoms with E-state index >= 15 is 0 Å². The van der Waals surface area contributed by atoms with Crippen molar-refractivity contribution < 1.29 is 23.1 Å². The number of halogens is 3. The predicted octanol–water partition coefficient (Wildman–Crippen LogP) is 2.89. The Balaban J connectivity index is 1.82. The maximum absolute atomic E-state index is 13.3. The van der Waals surface area contributed by atoms with Gasteiger partial charge in [-0.1, -0.05) is 0 Å². The Kier molecular flexibility index (Phi) is 5.47. The molecule has 2 heterocycles. The molecular weight excluding hydrogens is 365 g/mol. The van der Waals surface area contributed by atoms with Crippen molar-refractivity contribution in [3.05, 3.63) is 29.7 Å². The molecule has 0 unspecified atom stereocenters. The summed E-state index contributed by atoms with van der Waals surface area (Å²) in [5, 5.41) is 18.1. The van der Waals surface area contributed by atoms with Gasteiger partial charge in [0.05, 0.1) is 17.9 Å². The Bertz CT molecular complexity index is 803. The molecule has 2 aromatic rings. The van der Waals surface area contributed by atoms with E-state index in [0.29, 0.717) is 24.4 Å². The summed E-state index contributed by atoms with van der Waals surface area (Å²) < 4.78 is 40.6. The zero-order chi connectivity index (χ0) is 19.4. The number of amides is 1. The number of hydrogen-bond donors (Lipinski definition) is 3. The lowest BCUT2D eigenvalue weighted by molar-refractivity contribution is -0.0361. The fourth-order valence-electron chi connectivity index (χ4n) is 2.85. The highest BCUT2D eigenvalue weighted by molar-refractivity contribution is 5.64. The van der Waals surface area contributed by atoms with Crippen LogP contribution < -0.4 is 10.6 Å². The monoisotopic (exact) mass is 384 g/mol. The van der Waals surface area contributed by atoms with Crippen LogP contribution in [-0.2, 0) is 13.2 Å². The second-order valence-electron chi connectivity index (χ2n) is 6.36. The topological polar surface area (TPSA) is 105 Å². The highest BCUT2D eigenvalue weighted by Crippen LogP contribution is 2.34. The third kappa shape index (κ3) is 5.08. The predicted molar refractivity (Wildman–Crippen MR) is 89.7 cm³/mol. The summed E-state index contributed by atoms with van der Waals surface area (Å²) in [6.07, 6.45) is 0.470. The number of aromatic nitrogens is 4. The van der Waals surface area contributed by atoms with Crippen LogP contribution in [0.15, 0.2) is 18.3 Å². The van der Waals surface area contributed by atoms with Crippen LogP contribution in [0.2, 0.25) is 0 Å². The first-order chi connectivity index (χ1) is 12.8. The minimum atomic E-state index is -2.64. The summed E-state index contributed by atoms with van der Waals surface area (Å²) in [5.74, 6) is -2.14.